The van der Waals surface area contributed by atoms with Gasteiger partial charge in [0.05, 0.1) is 0 Å². The van der Waals surface area contributed by atoms with Gasteiger partial charge in [-0.3, -0.25) is 0 Å². The van der Waals surface area contributed by atoms with Crippen molar-refractivity contribution in [3.63, 3.8) is 0 Å². The largest absolute Gasteiger partial charge is 0.370 e. The third kappa shape index (κ3) is 2.99. The first kappa shape index (κ1) is 13.3. The van der Waals surface area contributed by atoms with Gasteiger partial charge >= 0.3 is 0 Å². The van der Waals surface area contributed by atoms with Crippen LogP contribution < -0.4 is 10.6 Å². The molecule has 2 rings (SSSR count). The molecule has 2 aromatic rings. The van der Waals surface area contributed by atoms with Crippen LogP contribution in [-0.2, 0) is 0 Å². The fourth-order valence-electron chi connectivity index (χ4n) is 1.78. The number of rotatable bonds is 4. The molecule has 0 atom stereocenters. The van der Waals surface area contributed by atoms with Gasteiger partial charge in [-0.15, -0.1) is 0 Å². The highest BCUT2D eigenvalue weighted by molar-refractivity contribution is 5.64. The zero-order valence-corrected chi connectivity index (χ0v) is 11.3. The summed E-state index contributed by atoms with van der Waals surface area (Å²) in [6.45, 7) is 6.49. The van der Waals surface area contributed by atoms with Crippen LogP contribution in [0.5, 0.6) is 0 Å². The predicted octanol–water partition coefficient (Wildman–Crippen LogP) is 3.41. The van der Waals surface area contributed by atoms with E-state index in [4.69, 9.17) is 0 Å². The molecule has 0 amide bonds. The smallest absolute Gasteiger partial charge is 0.138 e. The van der Waals surface area contributed by atoms with Crippen LogP contribution in [-0.4, -0.2) is 16.5 Å². The number of hydrogen-bond acceptors (Lipinski definition) is 4. The zero-order chi connectivity index (χ0) is 13.8. The van der Waals surface area contributed by atoms with Crippen molar-refractivity contribution in [1.82, 2.24) is 9.97 Å². The summed E-state index contributed by atoms with van der Waals surface area (Å²) in [7, 11) is 0. The van der Waals surface area contributed by atoms with Crippen LogP contribution >= 0.6 is 0 Å². The molecule has 4 nitrogen and oxygen atoms in total. The Morgan fingerprint density at radius 2 is 1.89 bits per heavy atom. The average molecular weight is 260 g/mol. The summed E-state index contributed by atoms with van der Waals surface area (Å²) >= 11 is 0. The van der Waals surface area contributed by atoms with E-state index in [2.05, 4.69) is 20.6 Å². The summed E-state index contributed by atoms with van der Waals surface area (Å²) in [6.07, 6.45) is 1.50. The van der Waals surface area contributed by atoms with Gasteiger partial charge in [0.25, 0.3) is 0 Å². The second-order valence-electron chi connectivity index (χ2n) is 4.32. The number of aryl methyl sites for hydroxylation is 1. The van der Waals surface area contributed by atoms with Gasteiger partial charge < -0.3 is 10.6 Å². The first-order valence-corrected chi connectivity index (χ1v) is 6.20. The zero-order valence-electron chi connectivity index (χ0n) is 11.3. The summed E-state index contributed by atoms with van der Waals surface area (Å²) in [4.78, 5) is 8.39. The van der Waals surface area contributed by atoms with Crippen molar-refractivity contribution in [2.45, 2.75) is 20.8 Å². The van der Waals surface area contributed by atoms with E-state index in [0.717, 1.165) is 29.4 Å². The number of nitrogens with zero attached hydrogens (tertiary/aromatic N) is 2. The van der Waals surface area contributed by atoms with Crippen LogP contribution in [0.2, 0.25) is 0 Å². The fourth-order valence-corrected chi connectivity index (χ4v) is 1.78. The summed E-state index contributed by atoms with van der Waals surface area (Å²) in [5.74, 6) is 1.31. The average Bonchev–Trinajstić information content (AvgIpc) is 2.39. The maximum atomic E-state index is 13.2. The molecule has 1 aromatic heterocycles. The molecule has 0 saturated heterocycles. The lowest BCUT2D eigenvalue weighted by Crippen LogP contribution is -2.05. The van der Waals surface area contributed by atoms with E-state index in [1.165, 1.54) is 12.4 Å². The van der Waals surface area contributed by atoms with Crippen molar-refractivity contribution in [2.75, 3.05) is 17.2 Å². The van der Waals surface area contributed by atoms with Crippen molar-refractivity contribution in [3.8, 4) is 0 Å². The Kier molecular flexibility index (Phi) is 3.94. The highest BCUT2D eigenvalue weighted by Gasteiger charge is 2.07. The fraction of sp³-hybridized carbons (Fsp3) is 0.286. The topological polar surface area (TPSA) is 49.8 Å². The Bertz CT molecular complexity index is 584. The highest BCUT2D eigenvalue weighted by atomic mass is 19.1. The van der Waals surface area contributed by atoms with Gasteiger partial charge in [0.1, 0.15) is 23.8 Å². The Balaban J connectivity index is 2.27. The Morgan fingerprint density at radius 3 is 2.58 bits per heavy atom. The maximum absolute atomic E-state index is 13.2. The second kappa shape index (κ2) is 5.65. The van der Waals surface area contributed by atoms with Crippen molar-refractivity contribution in [2.24, 2.45) is 0 Å². The van der Waals surface area contributed by atoms with Gasteiger partial charge in [-0.2, -0.15) is 0 Å². The second-order valence-corrected chi connectivity index (χ2v) is 4.32. The Morgan fingerprint density at radius 1 is 1.16 bits per heavy atom. The SMILES string of the molecule is CCNc1ncnc(Nc2ccc(F)c(C)c2)c1C. The Labute approximate surface area is 112 Å². The van der Waals surface area contributed by atoms with Crippen LogP contribution in [0.3, 0.4) is 0 Å². The van der Waals surface area contributed by atoms with E-state index in [1.54, 1.807) is 19.1 Å². The summed E-state index contributed by atoms with van der Waals surface area (Å²) in [5.41, 5.74) is 2.35. The quantitative estimate of drug-likeness (QED) is 0.884. The third-order valence-corrected chi connectivity index (χ3v) is 2.85. The van der Waals surface area contributed by atoms with Crippen molar-refractivity contribution in [3.05, 3.63) is 41.5 Å². The molecule has 0 saturated carbocycles. The van der Waals surface area contributed by atoms with Crippen LogP contribution in [0, 0.1) is 19.7 Å². The first-order valence-electron chi connectivity index (χ1n) is 6.20. The number of benzene rings is 1. The summed E-state index contributed by atoms with van der Waals surface area (Å²) < 4.78 is 13.2. The van der Waals surface area contributed by atoms with Gasteiger partial charge in [0.2, 0.25) is 0 Å². The molecule has 1 aromatic carbocycles. The normalized spacial score (nSPS) is 10.3. The van der Waals surface area contributed by atoms with E-state index < -0.39 is 0 Å². The molecule has 0 spiro atoms. The van der Waals surface area contributed by atoms with Gasteiger partial charge in [-0.25, -0.2) is 14.4 Å². The van der Waals surface area contributed by atoms with Crippen molar-refractivity contribution in [1.29, 1.82) is 0 Å². The minimum absolute atomic E-state index is 0.210. The molecule has 0 aliphatic rings. The maximum Gasteiger partial charge on any atom is 0.138 e. The van der Waals surface area contributed by atoms with Gasteiger partial charge in [-0.1, -0.05) is 0 Å². The molecule has 0 unspecified atom stereocenters. The minimum Gasteiger partial charge on any atom is -0.370 e. The lowest BCUT2D eigenvalue weighted by molar-refractivity contribution is 0.619. The molecule has 19 heavy (non-hydrogen) atoms. The number of nitrogens with one attached hydrogen (secondary N) is 2. The van der Waals surface area contributed by atoms with Gasteiger partial charge in [-0.05, 0) is 44.5 Å². The van der Waals surface area contributed by atoms with E-state index in [1.807, 2.05) is 13.8 Å². The number of halogens is 1. The molecular formula is C14H17FN4. The number of aromatic nitrogens is 2. The molecule has 2 N–H and O–H groups in total. The van der Waals surface area contributed by atoms with Crippen molar-refractivity contribution >= 4 is 17.3 Å². The van der Waals surface area contributed by atoms with Crippen molar-refractivity contribution < 1.29 is 4.39 Å². The summed E-state index contributed by atoms with van der Waals surface area (Å²) in [5, 5.41) is 6.35. The molecule has 0 bridgehead atoms. The molecular weight excluding hydrogens is 243 g/mol. The molecule has 100 valence electrons. The third-order valence-electron chi connectivity index (χ3n) is 2.85. The molecule has 0 radical (unpaired) electrons. The molecule has 0 fully saturated rings. The molecule has 0 aliphatic carbocycles. The predicted molar refractivity (Wildman–Crippen MR) is 75.4 cm³/mol. The van der Waals surface area contributed by atoms with Gasteiger partial charge in [0, 0.05) is 17.8 Å². The van der Waals surface area contributed by atoms with E-state index in [-0.39, 0.29) is 5.82 Å². The van der Waals surface area contributed by atoms with Crippen LogP contribution in [0.1, 0.15) is 18.1 Å². The highest BCUT2D eigenvalue weighted by Crippen LogP contribution is 2.23. The monoisotopic (exact) mass is 260 g/mol. The van der Waals surface area contributed by atoms with Crippen LogP contribution in [0.15, 0.2) is 24.5 Å². The molecule has 5 heteroatoms. The van der Waals surface area contributed by atoms with E-state index in [9.17, 15) is 4.39 Å². The number of anilines is 3. The lowest BCUT2D eigenvalue weighted by Gasteiger charge is -2.12. The first-order chi connectivity index (χ1) is 9.11. The lowest BCUT2D eigenvalue weighted by atomic mass is 10.2. The minimum atomic E-state index is -0.210. The van der Waals surface area contributed by atoms with Gasteiger partial charge in [0.15, 0.2) is 0 Å². The van der Waals surface area contributed by atoms with E-state index >= 15 is 0 Å². The molecule has 0 aliphatic heterocycles. The van der Waals surface area contributed by atoms with Crippen LogP contribution in [0.4, 0.5) is 21.7 Å². The Hall–Kier alpha value is -2.17. The van der Waals surface area contributed by atoms with E-state index in [0.29, 0.717) is 5.56 Å². The molecule has 1 heterocycles. The summed E-state index contributed by atoms with van der Waals surface area (Å²) in [6, 6.07) is 4.89. The van der Waals surface area contributed by atoms with Crippen LogP contribution in [0.25, 0.3) is 0 Å². The standard InChI is InChI=1S/C14H17FN4/c1-4-16-13-10(3)14(18-8-17-13)19-11-5-6-12(15)9(2)7-11/h5-8H,4H2,1-3H3,(H2,16,17,18,19). The number of hydrogen-bond donors (Lipinski definition) is 2.